The van der Waals surface area contributed by atoms with Gasteiger partial charge in [0.2, 0.25) is 9.84 Å². The van der Waals surface area contributed by atoms with Gasteiger partial charge >= 0.3 is 5.97 Å². The quantitative estimate of drug-likeness (QED) is 0.437. The number of rotatable bonds is 6. The van der Waals surface area contributed by atoms with E-state index in [1.54, 1.807) is 18.2 Å². The molecule has 1 heterocycles. The van der Waals surface area contributed by atoms with Crippen molar-refractivity contribution in [1.29, 1.82) is 0 Å². The van der Waals surface area contributed by atoms with Crippen molar-refractivity contribution < 1.29 is 31.9 Å². The van der Waals surface area contributed by atoms with Crippen molar-refractivity contribution in [2.45, 2.75) is 16.2 Å². The molecule has 1 amide bonds. The van der Waals surface area contributed by atoms with Crippen LogP contribution in [-0.4, -0.2) is 39.2 Å². The third-order valence-electron chi connectivity index (χ3n) is 5.16. The number of carbonyl (C=O) groups is 3. The van der Waals surface area contributed by atoms with Gasteiger partial charge in [0.05, 0.1) is 15.4 Å². The Kier molecular flexibility index (Phi) is 6.06. The number of fused-ring (bicyclic) bond motifs is 2. The molecule has 0 atom stereocenters. The van der Waals surface area contributed by atoms with Gasteiger partial charge in [0.15, 0.2) is 12.4 Å². The Morgan fingerprint density at radius 1 is 0.909 bits per heavy atom. The van der Waals surface area contributed by atoms with Gasteiger partial charge in [-0.15, -0.1) is 0 Å². The summed E-state index contributed by atoms with van der Waals surface area (Å²) >= 11 is 0. The minimum atomic E-state index is -3.99. The molecule has 0 aliphatic carbocycles. The second-order valence-electron chi connectivity index (χ2n) is 7.34. The molecule has 3 aromatic carbocycles. The lowest BCUT2D eigenvalue weighted by molar-refractivity contribution is -0.124. The zero-order chi connectivity index (χ0) is 23.6. The Hall–Kier alpha value is -3.85. The molecule has 3 aromatic rings. The third kappa shape index (κ3) is 4.54. The van der Waals surface area contributed by atoms with Gasteiger partial charge in [0.25, 0.3) is 5.91 Å². The lowest BCUT2D eigenvalue weighted by Crippen LogP contribution is -2.30. The number of hydrogen-bond donors (Lipinski definition) is 1. The van der Waals surface area contributed by atoms with Crippen molar-refractivity contribution in [3.05, 3.63) is 94.8 Å². The van der Waals surface area contributed by atoms with Crippen LogP contribution in [0.15, 0.2) is 76.5 Å². The number of amides is 1. The van der Waals surface area contributed by atoms with Crippen molar-refractivity contribution >= 4 is 27.5 Å². The zero-order valence-electron chi connectivity index (χ0n) is 17.2. The fraction of sp³-hybridized carbons (Fsp3) is 0.125. The van der Waals surface area contributed by atoms with E-state index < -0.39 is 34.1 Å². The monoisotopic (exact) mass is 467 g/mol. The fourth-order valence-electron chi connectivity index (χ4n) is 3.47. The maximum Gasteiger partial charge on any atom is 0.338 e. The second kappa shape index (κ2) is 8.95. The normalized spacial score (nSPS) is 13.5. The zero-order valence-corrected chi connectivity index (χ0v) is 18.0. The Balaban J connectivity index is 1.39. The van der Waals surface area contributed by atoms with E-state index in [9.17, 15) is 27.2 Å². The molecule has 33 heavy (non-hydrogen) atoms. The molecule has 1 aliphatic rings. The summed E-state index contributed by atoms with van der Waals surface area (Å²) in [5.41, 5.74) is 0.796. The summed E-state index contributed by atoms with van der Waals surface area (Å²) in [6.07, 6.45) is 0.470. The van der Waals surface area contributed by atoms with E-state index >= 15 is 0 Å². The molecule has 0 fully saturated rings. The SMILES string of the molecule is O=C(COC(=O)c1ccc2c(c1)S(=O)(=O)c1ccccc1C2=O)NCCc1ccc(F)cc1. The predicted octanol–water partition coefficient (Wildman–Crippen LogP) is 2.72. The first-order chi connectivity index (χ1) is 15.8. The summed E-state index contributed by atoms with van der Waals surface area (Å²) in [4.78, 5) is 36.6. The van der Waals surface area contributed by atoms with Crippen LogP contribution in [0, 0.1) is 5.82 Å². The molecule has 4 rings (SSSR count). The summed E-state index contributed by atoms with van der Waals surface area (Å²) in [6, 6.07) is 15.4. The van der Waals surface area contributed by atoms with Gasteiger partial charge in [-0.3, -0.25) is 9.59 Å². The van der Waals surface area contributed by atoms with E-state index in [0.29, 0.717) is 6.42 Å². The fourth-order valence-corrected chi connectivity index (χ4v) is 5.15. The van der Waals surface area contributed by atoms with Crippen LogP contribution < -0.4 is 5.32 Å². The summed E-state index contributed by atoms with van der Waals surface area (Å²) in [7, 11) is -3.99. The van der Waals surface area contributed by atoms with Crippen molar-refractivity contribution in [2.75, 3.05) is 13.2 Å². The number of ether oxygens (including phenoxy) is 1. The van der Waals surface area contributed by atoms with Crippen molar-refractivity contribution in [3.8, 4) is 0 Å². The average Bonchev–Trinajstić information content (AvgIpc) is 2.82. The van der Waals surface area contributed by atoms with E-state index in [4.69, 9.17) is 4.74 Å². The molecule has 0 saturated carbocycles. The van der Waals surface area contributed by atoms with E-state index in [2.05, 4.69) is 5.32 Å². The average molecular weight is 467 g/mol. The Labute approximate surface area is 189 Å². The largest absolute Gasteiger partial charge is 0.452 e. The Bertz CT molecular complexity index is 1370. The highest BCUT2D eigenvalue weighted by Crippen LogP contribution is 2.34. The maximum atomic E-state index is 12.9. The molecule has 0 unspecified atom stereocenters. The molecule has 0 radical (unpaired) electrons. The molecule has 0 spiro atoms. The van der Waals surface area contributed by atoms with Crippen LogP contribution >= 0.6 is 0 Å². The molecule has 1 aliphatic heterocycles. The molecular weight excluding hydrogens is 449 g/mol. The van der Waals surface area contributed by atoms with Gasteiger partial charge in [0.1, 0.15) is 5.82 Å². The lowest BCUT2D eigenvalue weighted by atomic mass is 10.0. The van der Waals surface area contributed by atoms with Crippen molar-refractivity contribution in [1.82, 2.24) is 5.32 Å². The number of hydrogen-bond acceptors (Lipinski definition) is 6. The number of nitrogens with one attached hydrogen (secondary N) is 1. The molecule has 0 bridgehead atoms. The van der Waals surface area contributed by atoms with Crippen molar-refractivity contribution in [3.63, 3.8) is 0 Å². The van der Waals surface area contributed by atoms with Crippen LogP contribution in [0.5, 0.6) is 0 Å². The third-order valence-corrected chi connectivity index (χ3v) is 7.01. The summed E-state index contributed by atoms with van der Waals surface area (Å²) in [5, 5.41) is 2.58. The van der Waals surface area contributed by atoms with Gasteiger partial charge in [0, 0.05) is 17.7 Å². The minimum Gasteiger partial charge on any atom is -0.452 e. The van der Waals surface area contributed by atoms with E-state index in [1.807, 2.05) is 0 Å². The van der Waals surface area contributed by atoms with Crippen molar-refractivity contribution in [2.24, 2.45) is 0 Å². The van der Waals surface area contributed by atoms with Gasteiger partial charge in [-0.25, -0.2) is 17.6 Å². The predicted molar refractivity (Wildman–Crippen MR) is 115 cm³/mol. The summed E-state index contributed by atoms with van der Waals surface area (Å²) in [6.45, 7) is -0.297. The molecular formula is C24H18FNO6S. The number of benzene rings is 3. The van der Waals surface area contributed by atoms with Gasteiger partial charge in [-0.1, -0.05) is 24.3 Å². The van der Waals surface area contributed by atoms with E-state index in [1.165, 1.54) is 42.5 Å². The summed E-state index contributed by atoms with van der Waals surface area (Å²) in [5.74, 6) is -2.23. The van der Waals surface area contributed by atoms with E-state index in [0.717, 1.165) is 11.6 Å². The number of halogens is 1. The Morgan fingerprint density at radius 2 is 1.61 bits per heavy atom. The van der Waals surface area contributed by atoms with E-state index in [-0.39, 0.29) is 38.8 Å². The van der Waals surface area contributed by atoms with Crippen LogP contribution in [0.2, 0.25) is 0 Å². The molecule has 1 N–H and O–H groups in total. The van der Waals surface area contributed by atoms with Crippen LogP contribution in [-0.2, 0) is 25.8 Å². The van der Waals surface area contributed by atoms with Gasteiger partial charge in [-0.2, -0.15) is 0 Å². The van der Waals surface area contributed by atoms with Gasteiger partial charge < -0.3 is 10.1 Å². The standard InChI is InChI=1S/C24H18FNO6S/c25-17-8-5-15(6-9-17)11-12-26-22(27)14-32-24(29)16-7-10-19-21(13-16)33(30,31)20-4-2-1-3-18(20)23(19)28/h1-10,13H,11-12,14H2,(H,26,27). The van der Waals surface area contributed by atoms with Crippen LogP contribution in [0.3, 0.4) is 0 Å². The highest BCUT2D eigenvalue weighted by Gasteiger charge is 2.35. The molecule has 0 aromatic heterocycles. The molecule has 9 heteroatoms. The first-order valence-corrected chi connectivity index (χ1v) is 11.5. The first kappa shape index (κ1) is 22.3. The maximum absolute atomic E-state index is 12.9. The molecule has 0 saturated heterocycles. The van der Waals surface area contributed by atoms with Crippen LogP contribution in [0.25, 0.3) is 0 Å². The van der Waals surface area contributed by atoms with Gasteiger partial charge in [-0.05, 0) is 54.4 Å². The molecule has 168 valence electrons. The molecule has 7 nitrogen and oxygen atoms in total. The topological polar surface area (TPSA) is 107 Å². The number of ketones is 1. The van der Waals surface area contributed by atoms with Crippen LogP contribution in [0.1, 0.15) is 31.8 Å². The first-order valence-electron chi connectivity index (χ1n) is 9.98. The second-order valence-corrected chi connectivity index (χ2v) is 9.23. The highest BCUT2D eigenvalue weighted by atomic mass is 32.2. The minimum absolute atomic E-state index is 0.0243. The number of sulfone groups is 1. The Morgan fingerprint density at radius 3 is 2.36 bits per heavy atom. The number of carbonyl (C=O) groups excluding carboxylic acids is 3. The lowest BCUT2D eigenvalue weighted by Gasteiger charge is -2.19. The summed E-state index contributed by atoms with van der Waals surface area (Å²) < 4.78 is 43.8. The smallest absolute Gasteiger partial charge is 0.338 e. The highest BCUT2D eigenvalue weighted by molar-refractivity contribution is 7.91. The number of esters is 1. The van der Waals surface area contributed by atoms with Crippen LogP contribution in [0.4, 0.5) is 4.39 Å².